The Hall–Kier alpha value is -2.26. The maximum Gasteiger partial charge on any atom is 0.251 e. The molecule has 0 aliphatic heterocycles. The van der Waals surface area contributed by atoms with Crippen LogP contribution in [0.15, 0.2) is 35.5 Å². The molecule has 0 saturated heterocycles. The molecule has 2 rings (SSSR count). The van der Waals surface area contributed by atoms with Crippen LogP contribution in [0.2, 0.25) is 0 Å². The monoisotopic (exact) mass is 379 g/mol. The molecule has 0 fully saturated rings. The highest BCUT2D eigenvalue weighted by Crippen LogP contribution is 2.14. The van der Waals surface area contributed by atoms with Crippen LogP contribution in [0.4, 0.5) is 0 Å². The molecule has 1 heterocycles. The zero-order valence-electron chi connectivity index (χ0n) is 15.6. The summed E-state index contributed by atoms with van der Waals surface area (Å²) in [7, 11) is -1.77. The number of aryl methyl sites for hydroxylation is 1. The number of carbonyl (C=O) groups is 1. The van der Waals surface area contributed by atoms with E-state index in [0.29, 0.717) is 12.1 Å². The van der Waals surface area contributed by atoms with Gasteiger partial charge in [0.2, 0.25) is 10.0 Å². The van der Waals surface area contributed by atoms with Gasteiger partial charge in [-0.05, 0) is 45.0 Å². The lowest BCUT2D eigenvalue weighted by molar-refractivity contribution is 0.0951. The van der Waals surface area contributed by atoms with Crippen molar-refractivity contribution in [1.29, 1.82) is 0 Å². The SMILES string of the molecule is CC(CNC(=O)c1ccc(S(=O)(=O)NC(C)(C)C)cc1)c1nncn1C. The van der Waals surface area contributed by atoms with Gasteiger partial charge in [0.15, 0.2) is 0 Å². The molecular weight excluding hydrogens is 354 g/mol. The predicted octanol–water partition coefficient (Wildman–Crippen LogP) is 1.43. The van der Waals surface area contributed by atoms with E-state index in [1.807, 2.05) is 14.0 Å². The van der Waals surface area contributed by atoms with Crippen molar-refractivity contribution < 1.29 is 13.2 Å². The Morgan fingerprint density at radius 3 is 2.35 bits per heavy atom. The molecule has 2 aromatic rings. The maximum absolute atomic E-state index is 12.3. The van der Waals surface area contributed by atoms with Crippen LogP contribution in [0.1, 0.15) is 49.8 Å². The van der Waals surface area contributed by atoms with Gasteiger partial charge in [-0.2, -0.15) is 0 Å². The summed E-state index contributed by atoms with van der Waals surface area (Å²) in [6.07, 6.45) is 1.61. The molecule has 1 aromatic carbocycles. The first-order chi connectivity index (χ1) is 12.0. The normalized spacial score (nSPS) is 13.4. The molecular formula is C17H25N5O3S. The minimum atomic E-state index is -3.62. The Morgan fingerprint density at radius 2 is 1.85 bits per heavy atom. The number of carbonyl (C=O) groups excluding carboxylic acids is 1. The molecule has 0 aliphatic rings. The molecule has 9 heteroatoms. The summed E-state index contributed by atoms with van der Waals surface area (Å²) in [6, 6.07) is 5.85. The zero-order valence-corrected chi connectivity index (χ0v) is 16.5. The van der Waals surface area contributed by atoms with Crippen LogP contribution in [-0.2, 0) is 17.1 Å². The fourth-order valence-corrected chi connectivity index (χ4v) is 3.84. The number of sulfonamides is 1. The number of hydrogen-bond donors (Lipinski definition) is 2. The lowest BCUT2D eigenvalue weighted by Crippen LogP contribution is -2.40. The van der Waals surface area contributed by atoms with Crippen molar-refractivity contribution in [2.45, 2.75) is 44.0 Å². The van der Waals surface area contributed by atoms with Crippen LogP contribution < -0.4 is 10.0 Å². The van der Waals surface area contributed by atoms with E-state index in [1.165, 1.54) is 24.3 Å². The summed E-state index contributed by atoms with van der Waals surface area (Å²) in [5, 5.41) is 10.7. The van der Waals surface area contributed by atoms with Crippen LogP contribution in [0.5, 0.6) is 0 Å². The fraction of sp³-hybridized carbons (Fsp3) is 0.471. The summed E-state index contributed by atoms with van der Waals surface area (Å²) >= 11 is 0. The van der Waals surface area contributed by atoms with Crippen LogP contribution >= 0.6 is 0 Å². The topological polar surface area (TPSA) is 106 Å². The van der Waals surface area contributed by atoms with Crippen LogP contribution in [0, 0.1) is 0 Å². The van der Waals surface area contributed by atoms with Gasteiger partial charge in [0.05, 0.1) is 4.90 Å². The minimum absolute atomic E-state index is 0.00193. The standard InChI is InChI=1S/C17H25N5O3S/c1-12(15-20-19-11-22(15)5)10-18-16(23)13-6-8-14(9-7-13)26(24,25)21-17(2,3)4/h6-9,11-12,21H,10H2,1-5H3,(H,18,23). The Bertz CT molecular complexity index is 867. The van der Waals surface area contributed by atoms with Crippen molar-refractivity contribution in [1.82, 2.24) is 24.8 Å². The highest BCUT2D eigenvalue weighted by atomic mass is 32.2. The lowest BCUT2D eigenvalue weighted by Gasteiger charge is -2.20. The van der Waals surface area contributed by atoms with Crippen molar-refractivity contribution in [3.8, 4) is 0 Å². The molecule has 1 unspecified atom stereocenters. The average molecular weight is 379 g/mol. The summed E-state index contributed by atoms with van der Waals surface area (Å²) < 4.78 is 28.9. The Kier molecular flexibility index (Phi) is 5.82. The summed E-state index contributed by atoms with van der Waals surface area (Å²) in [4.78, 5) is 12.4. The first-order valence-electron chi connectivity index (χ1n) is 8.26. The van der Waals surface area contributed by atoms with E-state index in [0.717, 1.165) is 5.82 Å². The lowest BCUT2D eigenvalue weighted by atomic mass is 10.1. The van der Waals surface area contributed by atoms with Crippen LogP contribution in [-0.4, -0.2) is 41.2 Å². The molecule has 142 valence electrons. The van der Waals surface area contributed by atoms with Crippen molar-refractivity contribution in [3.63, 3.8) is 0 Å². The number of aromatic nitrogens is 3. The third-order valence-electron chi connectivity index (χ3n) is 3.62. The van der Waals surface area contributed by atoms with Gasteiger partial charge in [0.1, 0.15) is 12.2 Å². The molecule has 8 nitrogen and oxygen atoms in total. The van der Waals surface area contributed by atoms with Crippen molar-refractivity contribution in [2.24, 2.45) is 7.05 Å². The summed E-state index contributed by atoms with van der Waals surface area (Å²) in [6.45, 7) is 7.65. The molecule has 0 spiro atoms. The smallest absolute Gasteiger partial charge is 0.251 e. The third kappa shape index (κ3) is 5.12. The molecule has 0 saturated carbocycles. The van der Waals surface area contributed by atoms with E-state index in [-0.39, 0.29) is 16.7 Å². The fourth-order valence-electron chi connectivity index (χ4n) is 2.42. The van der Waals surface area contributed by atoms with Crippen molar-refractivity contribution in [3.05, 3.63) is 42.0 Å². The van der Waals surface area contributed by atoms with Crippen LogP contribution in [0.25, 0.3) is 0 Å². The summed E-state index contributed by atoms with van der Waals surface area (Å²) in [5.74, 6) is 0.508. The number of nitrogens with one attached hydrogen (secondary N) is 2. The predicted molar refractivity (Wildman–Crippen MR) is 98.3 cm³/mol. The molecule has 0 radical (unpaired) electrons. The van der Waals surface area contributed by atoms with E-state index in [1.54, 1.807) is 31.7 Å². The van der Waals surface area contributed by atoms with Gasteiger partial charge in [-0.3, -0.25) is 4.79 Å². The average Bonchev–Trinajstić information content (AvgIpc) is 2.96. The quantitative estimate of drug-likeness (QED) is 0.790. The van der Waals surface area contributed by atoms with Crippen molar-refractivity contribution >= 4 is 15.9 Å². The summed E-state index contributed by atoms with van der Waals surface area (Å²) in [5.41, 5.74) is -0.185. The minimum Gasteiger partial charge on any atom is -0.351 e. The third-order valence-corrected chi connectivity index (χ3v) is 5.40. The highest BCUT2D eigenvalue weighted by molar-refractivity contribution is 7.89. The van der Waals surface area contributed by atoms with Gasteiger partial charge in [-0.25, -0.2) is 13.1 Å². The highest BCUT2D eigenvalue weighted by Gasteiger charge is 2.22. The molecule has 0 bridgehead atoms. The number of rotatable bonds is 6. The van der Waals surface area contributed by atoms with Gasteiger partial charge in [0.25, 0.3) is 5.91 Å². The van der Waals surface area contributed by atoms with Gasteiger partial charge in [-0.15, -0.1) is 10.2 Å². The second kappa shape index (κ2) is 7.55. The Morgan fingerprint density at radius 1 is 1.23 bits per heavy atom. The number of amides is 1. The maximum atomic E-state index is 12.3. The second-order valence-electron chi connectivity index (χ2n) is 7.29. The van der Waals surface area contributed by atoms with Gasteiger partial charge in [0, 0.05) is 30.6 Å². The Labute approximate surface area is 154 Å². The molecule has 2 N–H and O–H groups in total. The largest absolute Gasteiger partial charge is 0.351 e. The molecule has 0 aliphatic carbocycles. The van der Waals surface area contributed by atoms with E-state index in [9.17, 15) is 13.2 Å². The number of hydrogen-bond acceptors (Lipinski definition) is 5. The van der Waals surface area contributed by atoms with E-state index in [2.05, 4.69) is 20.2 Å². The number of nitrogens with zero attached hydrogens (tertiary/aromatic N) is 3. The molecule has 26 heavy (non-hydrogen) atoms. The van der Waals surface area contributed by atoms with Gasteiger partial charge < -0.3 is 9.88 Å². The Balaban J connectivity index is 2.01. The second-order valence-corrected chi connectivity index (χ2v) is 8.97. The first-order valence-corrected chi connectivity index (χ1v) is 9.74. The first kappa shape index (κ1) is 20.1. The molecule has 1 amide bonds. The molecule has 1 atom stereocenters. The van der Waals surface area contributed by atoms with Crippen molar-refractivity contribution in [2.75, 3.05) is 6.54 Å². The van der Waals surface area contributed by atoms with E-state index in [4.69, 9.17) is 0 Å². The number of benzene rings is 1. The van der Waals surface area contributed by atoms with Gasteiger partial charge >= 0.3 is 0 Å². The van der Waals surface area contributed by atoms with Gasteiger partial charge in [-0.1, -0.05) is 6.92 Å². The molecule has 1 aromatic heterocycles. The zero-order chi connectivity index (χ0) is 19.5. The van der Waals surface area contributed by atoms with Crippen LogP contribution in [0.3, 0.4) is 0 Å². The van der Waals surface area contributed by atoms with E-state index >= 15 is 0 Å². The van der Waals surface area contributed by atoms with E-state index < -0.39 is 15.6 Å².